The molecule has 0 bridgehead atoms. The maximum atomic E-state index is 12.9. The number of oxazole rings is 1. The van der Waals surface area contributed by atoms with Gasteiger partial charge in [-0.25, -0.2) is 9.97 Å². The third-order valence-corrected chi connectivity index (χ3v) is 7.78. The minimum atomic E-state index is -0.0776. The Morgan fingerprint density at radius 1 is 1.15 bits per heavy atom. The molecule has 1 aromatic carbocycles. The number of Topliss-reactive ketones (excluding diaryl/α,β-unsaturated/α-hetero) is 1. The zero-order chi connectivity index (χ0) is 28.6. The molecular formula is C31H38N6O4. The van der Waals surface area contributed by atoms with Crippen LogP contribution in [0.2, 0.25) is 0 Å². The molecule has 10 heteroatoms. The third kappa shape index (κ3) is 7.18. The van der Waals surface area contributed by atoms with Crippen molar-refractivity contribution >= 4 is 22.6 Å². The highest BCUT2D eigenvalue weighted by atomic mass is 16.5. The van der Waals surface area contributed by atoms with Crippen LogP contribution in [0.4, 0.5) is 0 Å². The van der Waals surface area contributed by atoms with E-state index in [4.69, 9.17) is 14.1 Å². The average molecular weight is 559 g/mol. The Bertz CT molecular complexity index is 1460. The molecule has 0 aliphatic carbocycles. The number of pyridine rings is 1. The molecule has 1 amide bonds. The van der Waals surface area contributed by atoms with Gasteiger partial charge < -0.3 is 24.8 Å². The second-order valence-corrected chi connectivity index (χ2v) is 10.7. The molecule has 10 nitrogen and oxygen atoms in total. The number of aromatic nitrogens is 4. The number of nitrogens with one attached hydrogen (secondary N) is 3. The fraction of sp³-hybridized carbons (Fsp3) is 0.452. The minimum absolute atomic E-state index is 0.00706. The van der Waals surface area contributed by atoms with Crippen LogP contribution in [0.25, 0.3) is 22.2 Å². The SMILES string of the molecule is COc1cc2nc(C)ccc2cc1-c1cnc([C@@H](CCCCCC(=O)c2ncco2)CNC(=O)C2CCNCC2)[nH]1. The molecule has 5 rings (SSSR count). The highest BCUT2D eigenvalue weighted by Gasteiger charge is 2.23. The van der Waals surface area contributed by atoms with Gasteiger partial charge in [0.2, 0.25) is 11.7 Å². The highest BCUT2D eigenvalue weighted by Crippen LogP contribution is 2.34. The summed E-state index contributed by atoms with van der Waals surface area (Å²) in [4.78, 5) is 41.9. The van der Waals surface area contributed by atoms with E-state index in [2.05, 4.69) is 37.7 Å². The lowest BCUT2D eigenvalue weighted by molar-refractivity contribution is -0.125. The topological polar surface area (TPSA) is 135 Å². The molecule has 0 unspecified atom stereocenters. The van der Waals surface area contributed by atoms with Crippen LogP contribution in [0.3, 0.4) is 0 Å². The molecule has 1 atom stereocenters. The first kappa shape index (κ1) is 28.5. The van der Waals surface area contributed by atoms with Crippen LogP contribution in [-0.2, 0) is 4.79 Å². The number of hydrogen-bond donors (Lipinski definition) is 3. The number of methoxy groups -OCH3 is 1. The third-order valence-electron chi connectivity index (χ3n) is 7.78. The maximum absolute atomic E-state index is 12.9. The number of ether oxygens (including phenoxy) is 1. The molecule has 1 aliphatic heterocycles. The molecule has 0 saturated carbocycles. The number of piperidine rings is 1. The largest absolute Gasteiger partial charge is 0.496 e. The molecule has 3 aromatic heterocycles. The highest BCUT2D eigenvalue weighted by molar-refractivity contribution is 5.91. The zero-order valence-corrected chi connectivity index (χ0v) is 23.7. The van der Waals surface area contributed by atoms with E-state index >= 15 is 0 Å². The number of aryl methyl sites for hydroxylation is 1. The number of fused-ring (bicyclic) bond motifs is 1. The summed E-state index contributed by atoms with van der Waals surface area (Å²) >= 11 is 0. The number of imidazole rings is 1. The molecule has 4 aromatic rings. The van der Waals surface area contributed by atoms with Gasteiger partial charge in [0, 0.05) is 47.5 Å². The number of unbranched alkanes of at least 4 members (excludes halogenated alkanes) is 2. The van der Waals surface area contributed by atoms with Crippen molar-refractivity contribution in [2.75, 3.05) is 26.7 Å². The van der Waals surface area contributed by atoms with Crippen LogP contribution in [-0.4, -0.2) is 58.4 Å². The molecule has 1 saturated heterocycles. The van der Waals surface area contributed by atoms with Crippen LogP contribution in [0.5, 0.6) is 5.75 Å². The number of carbonyl (C=O) groups is 2. The number of benzene rings is 1. The average Bonchev–Trinajstić information content (AvgIpc) is 3.71. The van der Waals surface area contributed by atoms with Crippen LogP contribution in [0, 0.1) is 12.8 Å². The lowest BCUT2D eigenvalue weighted by Gasteiger charge is -2.23. The summed E-state index contributed by atoms with van der Waals surface area (Å²) in [6, 6.07) is 8.08. The number of ketones is 1. The first-order valence-corrected chi connectivity index (χ1v) is 14.4. The Balaban J connectivity index is 1.28. The summed E-state index contributed by atoms with van der Waals surface area (Å²) in [6.07, 6.45) is 10.2. The van der Waals surface area contributed by atoms with Crippen molar-refractivity contribution in [3.8, 4) is 17.0 Å². The summed E-state index contributed by atoms with van der Waals surface area (Å²) in [6.45, 7) is 4.22. The van der Waals surface area contributed by atoms with E-state index in [1.165, 1.54) is 12.5 Å². The molecule has 0 radical (unpaired) electrons. The summed E-state index contributed by atoms with van der Waals surface area (Å²) in [5.41, 5.74) is 3.59. The summed E-state index contributed by atoms with van der Waals surface area (Å²) in [5.74, 6) is 1.80. The Morgan fingerprint density at radius 2 is 2.00 bits per heavy atom. The van der Waals surface area contributed by atoms with Gasteiger partial charge in [-0.15, -0.1) is 0 Å². The van der Waals surface area contributed by atoms with Gasteiger partial charge in [-0.05, 0) is 57.8 Å². The van der Waals surface area contributed by atoms with E-state index in [1.54, 1.807) is 7.11 Å². The van der Waals surface area contributed by atoms with Gasteiger partial charge in [0.15, 0.2) is 0 Å². The van der Waals surface area contributed by atoms with Crippen molar-refractivity contribution in [3.63, 3.8) is 0 Å². The number of aromatic amines is 1. The Morgan fingerprint density at radius 3 is 2.78 bits per heavy atom. The molecule has 1 aliphatic rings. The van der Waals surface area contributed by atoms with Crippen molar-refractivity contribution in [1.29, 1.82) is 0 Å². The number of nitrogens with zero attached hydrogens (tertiary/aromatic N) is 3. The molecule has 4 heterocycles. The second kappa shape index (κ2) is 13.5. The van der Waals surface area contributed by atoms with Crippen molar-refractivity contribution in [2.24, 2.45) is 5.92 Å². The summed E-state index contributed by atoms with van der Waals surface area (Å²) in [5, 5.41) is 7.53. The molecular weight excluding hydrogens is 520 g/mol. The van der Waals surface area contributed by atoms with E-state index in [-0.39, 0.29) is 29.4 Å². The van der Waals surface area contributed by atoms with Gasteiger partial charge >= 0.3 is 0 Å². The predicted molar refractivity (Wildman–Crippen MR) is 156 cm³/mol. The van der Waals surface area contributed by atoms with Crippen LogP contribution in [0.15, 0.2) is 47.3 Å². The van der Waals surface area contributed by atoms with Crippen molar-refractivity contribution < 1.29 is 18.7 Å². The molecule has 216 valence electrons. The van der Waals surface area contributed by atoms with Gasteiger partial charge in [0.05, 0.1) is 30.7 Å². The lowest BCUT2D eigenvalue weighted by Crippen LogP contribution is -2.39. The van der Waals surface area contributed by atoms with E-state index in [0.29, 0.717) is 13.0 Å². The number of hydrogen-bond acceptors (Lipinski definition) is 8. The monoisotopic (exact) mass is 558 g/mol. The van der Waals surface area contributed by atoms with Crippen LogP contribution in [0.1, 0.15) is 73.1 Å². The van der Waals surface area contributed by atoms with Gasteiger partial charge in [0.1, 0.15) is 17.8 Å². The van der Waals surface area contributed by atoms with Crippen molar-refractivity contribution in [3.05, 3.63) is 60.3 Å². The summed E-state index contributed by atoms with van der Waals surface area (Å²) < 4.78 is 10.8. The van der Waals surface area contributed by atoms with Gasteiger partial charge in [-0.1, -0.05) is 18.9 Å². The van der Waals surface area contributed by atoms with E-state index < -0.39 is 0 Å². The predicted octanol–water partition coefficient (Wildman–Crippen LogP) is 4.96. The van der Waals surface area contributed by atoms with Crippen LogP contribution < -0.4 is 15.4 Å². The first-order chi connectivity index (χ1) is 20.0. The summed E-state index contributed by atoms with van der Waals surface area (Å²) in [7, 11) is 1.66. The normalized spacial score (nSPS) is 14.7. The lowest BCUT2D eigenvalue weighted by atomic mass is 9.96. The Hall–Kier alpha value is -4.05. The van der Waals surface area contributed by atoms with E-state index in [9.17, 15) is 9.59 Å². The van der Waals surface area contributed by atoms with Gasteiger partial charge in [-0.2, -0.15) is 0 Å². The minimum Gasteiger partial charge on any atom is -0.496 e. The number of H-pyrrole nitrogens is 1. The fourth-order valence-corrected chi connectivity index (χ4v) is 5.42. The Kier molecular flexibility index (Phi) is 9.40. The van der Waals surface area contributed by atoms with E-state index in [1.807, 2.05) is 25.3 Å². The quantitative estimate of drug-likeness (QED) is 0.155. The van der Waals surface area contributed by atoms with Crippen molar-refractivity contribution in [1.82, 2.24) is 30.6 Å². The molecule has 41 heavy (non-hydrogen) atoms. The van der Waals surface area contributed by atoms with Gasteiger partial charge in [-0.3, -0.25) is 14.6 Å². The smallest absolute Gasteiger partial charge is 0.263 e. The van der Waals surface area contributed by atoms with E-state index in [0.717, 1.165) is 91.0 Å². The first-order valence-electron chi connectivity index (χ1n) is 14.4. The second-order valence-electron chi connectivity index (χ2n) is 10.7. The van der Waals surface area contributed by atoms with Crippen molar-refractivity contribution in [2.45, 2.75) is 57.8 Å². The number of carbonyl (C=O) groups excluding carboxylic acids is 2. The number of amides is 1. The number of rotatable bonds is 13. The molecule has 3 N–H and O–H groups in total. The molecule has 1 fully saturated rings. The molecule has 0 spiro atoms. The zero-order valence-electron chi connectivity index (χ0n) is 23.7. The standard InChI is InChI=1S/C31H38N6O4/c1-20-8-9-22-16-24(28(40-2)17-25(22)36-20)26-19-34-29(37-26)23(18-35-30(39)21-10-12-32-13-11-21)6-4-3-5-7-27(38)31-33-14-15-41-31/h8-9,14-17,19,21,23,32H,3-7,10-13,18H2,1-2H3,(H,34,37)(H,35,39)/t23-/m0/s1. The van der Waals surface area contributed by atoms with Gasteiger partial charge in [0.25, 0.3) is 5.89 Å². The maximum Gasteiger partial charge on any atom is 0.263 e. The fourth-order valence-electron chi connectivity index (χ4n) is 5.42. The van der Waals surface area contributed by atoms with Crippen LogP contribution >= 0.6 is 0 Å². The Labute approximate surface area is 239 Å².